The fourth-order valence-corrected chi connectivity index (χ4v) is 4.02. The Hall–Kier alpha value is -2.79. The van der Waals surface area contributed by atoms with Crippen LogP contribution in [0.5, 0.6) is 5.75 Å². The number of methoxy groups -OCH3 is 1. The van der Waals surface area contributed by atoms with Gasteiger partial charge in [0.15, 0.2) is 0 Å². The molecule has 2 unspecified atom stereocenters. The lowest BCUT2D eigenvalue weighted by Gasteiger charge is -2.28. The zero-order valence-electron chi connectivity index (χ0n) is 16.2. The van der Waals surface area contributed by atoms with Gasteiger partial charge >= 0.3 is 0 Å². The smallest absolute Gasteiger partial charge is 0.258 e. The summed E-state index contributed by atoms with van der Waals surface area (Å²) < 4.78 is 6.94. The summed E-state index contributed by atoms with van der Waals surface area (Å²) in [5.41, 5.74) is 8.24. The second-order valence-electron chi connectivity index (χ2n) is 7.67. The molecule has 1 fully saturated rings. The van der Waals surface area contributed by atoms with Crippen molar-refractivity contribution in [1.29, 1.82) is 0 Å². The number of nitrogens with zero attached hydrogens (tertiary/aromatic N) is 1. The van der Waals surface area contributed by atoms with E-state index in [0.717, 1.165) is 47.0 Å². The molecule has 3 N–H and O–H groups in total. The van der Waals surface area contributed by atoms with Crippen LogP contribution in [-0.2, 0) is 6.54 Å². The van der Waals surface area contributed by atoms with E-state index in [0.29, 0.717) is 12.6 Å². The Balaban J connectivity index is 1.54. The van der Waals surface area contributed by atoms with E-state index >= 15 is 0 Å². The third kappa shape index (κ3) is 4.04. The molecular weight excluding hydrogens is 350 g/mol. The first-order chi connectivity index (χ1) is 13.6. The van der Waals surface area contributed by atoms with E-state index in [1.165, 1.54) is 6.42 Å². The van der Waals surface area contributed by atoms with Crippen LogP contribution in [0.3, 0.4) is 0 Å². The Morgan fingerprint density at radius 3 is 2.71 bits per heavy atom. The SMILES string of the molecule is COc1ccc(Cn2ccc3cc(NC4CCCC(N)C4)ccc3c2=O)cc1. The zero-order chi connectivity index (χ0) is 19.5. The molecule has 0 radical (unpaired) electrons. The molecule has 2 atom stereocenters. The molecule has 0 saturated heterocycles. The van der Waals surface area contributed by atoms with Gasteiger partial charge in [0.1, 0.15) is 5.75 Å². The van der Waals surface area contributed by atoms with Crippen LogP contribution < -0.4 is 21.3 Å². The fraction of sp³-hybridized carbons (Fsp3) is 0.348. The summed E-state index contributed by atoms with van der Waals surface area (Å²) in [7, 11) is 1.65. The summed E-state index contributed by atoms with van der Waals surface area (Å²) in [6.07, 6.45) is 6.30. The van der Waals surface area contributed by atoms with Crippen LogP contribution in [0.2, 0.25) is 0 Å². The Morgan fingerprint density at radius 1 is 1.14 bits per heavy atom. The maximum Gasteiger partial charge on any atom is 0.258 e. The van der Waals surface area contributed by atoms with Crippen molar-refractivity contribution in [3.63, 3.8) is 0 Å². The molecule has 28 heavy (non-hydrogen) atoms. The molecule has 2 aromatic carbocycles. The molecule has 146 valence electrons. The first-order valence-electron chi connectivity index (χ1n) is 9.90. The number of anilines is 1. The summed E-state index contributed by atoms with van der Waals surface area (Å²) >= 11 is 0. The monoisotopic (exact) mass is 377 g/mol. The van der Waals surface area contributed by atoms with E-state index in [4.69, 9.17) is 10.5 Å². The van der Waals surface area contributed by atoms with Crippen LogP contribution in [0.1, 0.15) is 31.2 Å². The van der Waals surface area contributed by atoms with Gasteiger partial charge in [-0.25, -0.2) is 0 Å². The molecule has 0 bridgehead atoms. The quantitative estimate of drug-likeness (QED) is 0.711. The number of aromatic nitrogens is 1. The molecule has 3 aromatic rings. The number of nitrogens with two attached hydrogens (primary N) is 1. The number of benzene rings is 2. The second kappa shape index (κ2) is 8.07. The first-order valence-corrected chi connectivity index (χ1v) is 9.90. The lowest BCUT2D eigenvalue weighted by molar-refractivity contribution is 0.409. The first kappa shape index (κ1) is 18.6. The lowest BCUT2D eigenvalue weighted by atomic mass is 9.91. The minimum absolute atomic E-state index is 0.0274. The minimum atomic E-state index is 0.0274. The number of nitrogens with one attached hydrogen (secondary N) is 1. The number of fused-ring (bicyclic) bond motifs is 1. The van der Waals surface area contributed by atoms with E-state index in [1.807, 2.05) is 48.7 Å². The van der Waals surface area contributed by atoms with Crippen molar-refractivity contribution in [2.24, 2.45) is 5.73 Å². The number of rotatable bonds is 5. The van der Waals surface area contributed by atoms with Crippen molar-refractivity contribution in [2.45, 2.75) is 44.3 Å². The van der Waals surface area contributed by atoms with Crippen molar-refractivity contribution < 1.29 is 4.74 Å². The van der Waals surface area contributed by atoms with E-state index < -0.39 is 0 Å². The van der Waals surface area contributed by atoms with Gasteiger partial charge in [0.25, 0.3) is 5.56 Å². The van der Waals surface area contributed by atoms with Gasteiger partial charge < -0.3 is 20.4 Å². The highest BCUT2D eigenvalue weighted by molar-refractivity contribution is 5.84. The van der Waals surface area contributed by atoms with Crippen molar-refractivity contribution in [1.82, 2.24) is 4.57 Å². The number of hydrogen-bond acceptors (Lipinski definition) is 4. The minimum Gasteiger partial charge on any atom is -0.497 e. The molecule has 1 saturated carbocycles. The molecular formula is C23H27N3O2. The Bertz CT molecular complexity index is 1010. The largest absolute Gasteiger partial charge is 0.497 e. The van der Waals surface area contributed by atoms with Gasteiger partial charge in [-0.3, -0.25) is 4.79 Å². The van der Waals surface area contributed by atoms with Crippen molar-refractivity contribution in [3.05, 3.63) is 70.6 Å². The van der Waals surface area contributed by atoms with Crippen LogP contribution in [-0.4, -0.2) is 23.8 Å². The van der Waals surface area contributed by atoms with Crippen LogP contribution >= 0.6 is 0 Å². The number of hydrogen-bond donors (Lipinski definition) is 2. The number of ether oxygens (including phenoxy) is 1. The maximum absolute atomic E-state index is 12.9. The topological polar surface area (TPSA) is 69.3 Å². The van der Waals surface area contributed by atoms with Gasteiger partial charge in [0.05, 0.1) is 13.7 Å². The predicted molar refractivity (Wildman–Crippen MR) is 114 cm³/mol. The second-order valence-corrected chi connectivity index (χ2v) is 7.67. The fourth-order valence-electron chi connectivity index (χ4n) is 4.02. The molecule has 0 spiro atoms. The molecule has 5 nitrogen and oxygen atoms in total. The van der Waals surface area contributed by atoms with E-state index in [1.54, 1.807) is 11.7 Å². The highest BCUT2D eigenvalue weighted by atomic mass is 16.5. The van der Waals surface area contributed by atoms with E-state index in [2.05, 4.69) is 11.4 Å². The van der Waals surface area contributed by atoms with Crippen LogP contribution in [0.15, 0.2) is 59.5 Å². The Morgan fingerprint density at radius 2 is 1.96 bits per heavy atom. The lowest BCUT2D eigenvalue weighted by Crippen LogP contribution is -2.34. The zero-order valence-corrected chi connectivity index (χ0v) is 16.2. The normalized spacial score (nSPS) is 19.5. The average molecular weight is 377 g/mol. The molecule has 4 rings (SSSR count). The molecule has 0 aliphatic heterocycles. The molecule has 1 heterocycles. The van der Waals surface area contributed by atoms with Gasteiger partial charge in [-0.1, -0.05) is 12.1 Å². The van der Waals surface area contributed by atoms with E-state index in [9.17, 15) is 4.79 Å². The van der Waals surface area contributed by atoms with Gasteiger partial charge in [0, 0.05) is 29.4 Å². The molecule has 0 amide bonds. The summed E-state index contributed by atoms with van der Waals surface area (Å²) in [6.45, 7) is 0.540. The summed E-state index contributed by atoms with van der Waals surface area (Å²) in [5.74, 6) is 0.813. The highest BCUT2D eigenvalue weighted by Crippen LogP contribution is 2.23. The Kier molecular flexibility index (Phi) is 5.35. The summed E-state index contributed by atoms with van der Waals surface area (Å²) in [6, 6.07) is 16.5. The van der Waals surface area contributed by atoms with Gasteiger partial charge in [-0.2, -0.15) is 0 Å². The third-order valence-electron chi connectivity index (χ3n) is 5.57. The molecule has 1 aromatic heterocycles. The standard InChI is InChI=1S/C23H27N3O2/c1-28-21-8-5-16(6-9-21)15-26-12-11-17-13-20(7-10-22(17)23(26)27)25-19-4-2-3-18(24)14-19/h5-13,18-19,25H,2-4,14-15,24H2,1H3. The number of pyridine rings is 1. The summed E-state index contributed by atoms with van der Waals surface area (Å²) in [5, 5.41) is 5.28. The van der Waals surface area contributed by atoms with Crippen molar-refractivity contribution in [2.75, 3.05) is 12.4 Å². The van der Waals surface area contributed by atoms with Gasteiger partial charge in [0.2, 0.25) is 0 Å². The highest BCUT2D eigenvalue weighted by Gasteiger charge is 2.19. The van der Waals surface area contributed by atoms with Gasteiger partial charge in [-0.05, 0) is 73.0 Å². The molecule has 5 heteroatoms. The molecule has 1 aliphatic rings. The Labute approximate surface area is 165 Å². The van der Waals surface area contributed by atoms with E-state index in [-0.39, 0.29) is 11.6 Å². The van der Waals surface area contributed by atoms with Crippen LogP contribution in [0, 0.1) is 0 Å². The summed E-state index contributed by atoms with van der Waals surface area (Å²) in [4.78, 5) is 12.9. The van der Waals surface area contributed by atoms with Crippen molar-refractivity contribution >= 4 is 16.5 Å². The van der Waals surface area contributed by atoms with Crippen LogP contribution in [0.4, 0.5) is 5.69 Å². The molecule has 1 aliphatic carbocycles. The third-order valence-corrected chi connectivity index (χ3v) is 5.57. The van der Waals surface area contributed by atoms with Gasteiger partial charge in [-0.15, -0.1) is 0 Å². The maximum atomic E-state index is 12.9. The van der Waals surface area contributed by atoms with Crippen molar-refractivity contribution in [3.8, 4) is 5.75 Å². The predicted octanol–water partition coefficient (Wildman–Crippen LogP) is 3.74. The average Bonchev–Trinajstić information content (AvgIpc) is 2.71. The van der Waals surface area contributed by atoms with Crippen LogP contribution in [0.25, 0.3) is 10.8 Å².